The summed E-state index contributed by atoms with van der Waals surface area (Å²) in [5.41, 5.74) is 7.79. The molecule has 0 saturated carbocycles. The van der Waals surface area contributed by atoms with Gasteiger partial charge in [-0.1, -0.05) is 5.11 Å². The van der Waals surface area contributed by atoms with Crippen LogP contribution < -0.4 is 0 Å². The van der Waals surface area contributed by atoms with Crippen LogP contribution in [0, 0.1) is 0 Å². The van der Waals surface area contributed by atoms with Crippen molar-refractivity contribution in [2.24, 2.45) is 5.11 Å². The quantitative estimate of drug-likeness (QED) is 0.240. The second-order valence-electron chi connectivity index (χ2n) is 2.46. The van der Waals surface area contributed by atoms with Gasteiger partial charge in [0.25, 0.3) is 0 Å². The summed E-state index contributed by atoms with van der Waals surface area (Å²) in [7, 11) is 0. The lowest BCUT2D eigenvalue weighted by molar-refractivity contribution is 0.317. The van der Waals surface area contributed by atoms with Gasteiger partial charge in [0.2, 0.25) is 0 Å². The summed E-state index contributed by atoms with van der Waals surface area (Å²) in [4.78, 5) is 2.64. The van der Waals surface area contributed by atoms with Gasteiger partial charge in [-0.25, -0.2) is 0 Å². The SMILES string of the molecule is CC1OC1(C)CN=[N+]=[N-]. The van der Waals surface area contributed by atoms with Gasteiger partial charge in [0, 0.05) is 4.91 Å². The van der Waals surface area contributed by atoms with Crippen molar-refractivity contribution in [3.05, 3.63) is 10.4 Å². The van der Waals surface area contributed by atoms with Crippen LogP contribution in [-0.2, 0) is 4.74 Å². The van der Waals surface area contributed by atoms with Crippen LogP contribution in [0.25, 0.3) is 10.4 Å². The minimum atomic E-state index is -0.160. The van der Waals surface area contributed by atoms with E-state index in [-0.39, 0.29) is 11.7 Å². The van der Waals surface area contributed by atoms with Crippen LogP contribution in [0.5, 0.6) is 0 Å². The van der Waals surface area contributed by atoms with Crippen LogP contribution in [0.1, 0.15) is 13.8 Å². The van der Waals surface area contributed by atoms with Gasteiger partial charge in [-0.05, 0) is 19.4 Å². The first-order chi connectivity index (χ1) is 4.19. The molecule has 1 rings (SSSR count). The Balaban J connectivity index is 2.37. The number of hydrogen-bond donors (Lipinski definition) is 0. The number of azide groups is 1. The molecule has 50 valence electrons. The van der Waals surface area contributed by atoms with Crippen molar-refractivity contribution in [1.82, 2.24) is 0 Å². The summed E-state index contributed by atoms with van der Waals surface area (Å²) in [6, 6.07) is 0. The fourth-order valence-electron chi connectivity index (χ4n) is 0.708. The Labute approximate surface area is 53.4 Å². The molecule has 0 amide bonds. The van der Waals surface area contributed by atoms with E-state index in [0.29, 0.717) is 6.54 Å². The van der Waals surface area contributed by atoms with E-state index < -0.39 is 0 Å². The van der Waals surface area contributed by atoms with Gasteiger partial charge in [-0.15, -0.1) is 0 Å². The summed E-state index contributed by atoms with van der Waals surface area (Å²) < 4.78 is 5.14. The van der Waals surface area contributed by atoms with E-state index in [1.165, 1.54) is 0 Å². The molecular weight excluding hydrogens is 118 g/mol. The van der Waals surface area contributed by atoms with E-state index in [9.17, 15) is 0 Å². The van der Waals surface area contributed by atoms with Gasteiger partial charge >= 0.3 is 0 Å². The average Bonchev–Trinajstić information content (AvgIpc) is 2.38. The molecule has 2 unspecified atom stereocenters. The van der Waals surface area contributed by atoms with E-state index in [1.807, 2.05) is 13.8 Å². The number of rotatable bonds is 2. The first-order valence-corrected chi connectivity index (χ1v) is 2.88. The Bertz CT molecular complexity index is 164. The molecule has 1 heterocycles. The van der Waals surface area contributed by atoms with E-state index in [0.717, 1.165) is 0 Å². The largest absolute Gasteiger partial charge is 0.367 e. The number of hydrogen-bond acceptors (Lipinski definition) is 2. The molecule has 0 spiro atoms. The standard InChI is InChI=1S/C5H9N3O/c1-4-5(2,9-4)3-7-8-6/h4H,3H2,1-2H3. The highest BCUT2D eigenvalue weighted by atomic mass is 16.6. The second-order valence-corrected chi connectivity index (χ2v) is 2.46. The molecule has 0 radical (unpaired) electrons. The summed E-state index contributed by atoms with van der Waals surface area (Å²) >= 11 is 0. The van der Waals surface area contributed by atoms with Crippen molar-refractivity contribution in [1.29, 1.82) is 0 Å². The summed E-state index contributed by atoms with van der Waals surface area (Å²) in [5.74, 6) is 0. The van der Waals surface area contributed by atoms with E-state index in [1.54, 1.807) is 0 Å². The van der Waals surface area contributed by atoms with Crippen molar-refractivity contribution in [2.75, 3.05) is 6.54 Å². The lowest BCUT2D eigenvalue weighted by Crippen LogP contribution is -2.11. The predicted octanol–water partition coefficient (Wildman–Crippen LogP) is 1.47. The van der Waals surface area contributed by atoms with E-state index in [2.05, 4.69) is 10.0 Å². The molecule has 0 aliphatic carbocycles. The van der Waals surface area contributed by atoms with Crippen LogP contribution in [0.2, 0.25) is 0 Å². The van der Waals surface area contributed by atoms with Crippen molar-refractivity contribution in [3.63, 3.8) is 0 Å². The molecule has 0 bridgehead atoms. The monoisotopic (exact) mass is 127 g/mol. The number of nitrogens with zero attached hydrogens (tertiary/aromatic N) is 3. The first-order valence-electron chi connectivity index (χ1n) is 2.88. The highest BCUT2D eigenvalue weighted by molar-refractivity contribution is 4.97. The lowest BCUT2D eigenvalue weighted by Gasteiger charge is -1.95. The lowest BCUT2D eigenvalue weighted by atomic mass is 10.1. The van der Waals surface area contributed by atoms with Crippen LogP contribution in [0.4, 0.5) is 0 Å². The first kappa shape index (κ1) is 6.39. The zero-order chi connectivity index (χ0) is 6.91. The predicted molar refractivity (Wildman–Crippen MR) is 33.0 cm³/mol. The van der Waals surface area contributed by atoms with Crippen LogP contribution in [0.15, 0.2) is 5.11 Å². The molecule has 1 aliphatic rings. The highest BCUT2D eigenvalue weighted by Gasteiger charge is 2.47. The molecule has 4 heteroatoms. The van der Waals surface area contributed by atoms with Crippen LogP contribution >= 0.6 is 0 Å². The second kappa shape index (κ2) is 1.90. The minimum absolute atomic E-state index is 0.160. The third kappa shape index (κ3) is 1.15. The zero-order valence-corrected chi connectivity index (χ0v) is 5.53. The molecule has 0 aromatic rings. The maximum Gasteiger partial charge on any atom is 0.0973 e. The summed E-state index contributed by atoms with van der Waals surface area (Å²) in [6.07, 6.45) is 0.253. The van der Waals surface area contributed by atoms with Gasteiger partial charge in [0.1, 0.15) is 0 Å². The highest BCUT2D eigenvalue weighted by Crippen LogP contribution is 2.35. The molecule has 4 nitrogen and oxygen atoms in total. The Hall–Kier alpha value is -0.730. The molecule has 1 saturated heterocycles. The molecule has 9 heavy (non-hydrogen) atoms. The normalized spacial score (nSPS) is 39.6. The van der Waals surface area contributed by atoms with Gasteiger partial charge in [0.15, 0.2) is 0 Å². The summed E-state index contributed by atoms with van der Waals surface area (Å²) in [6.45, 7) is 4.35. The Kier molecular flexibility index (Phi) is 1.35. The average molecular weight is 127 g/mol. The Morgan fingerprint density at radius 1 is 1.89 bits per heavy atom. The van der Waals surface area contributed by atoms with Crippen LogP contribution in [0.3, 0.4) is 0 Å². The molecule has 0 aromatic carbocycles. The van der Waals surface area contributed by atoms with Gasteiger partial charge < -0.3 is 4.74 Å². The van der Waals surface area contributed by atoms with Crippen LogP contribution in [-0.4, -0.2) is 18.2 Å². The Morgan fingerprint density at radius 3 is 2.78 bits per heavy atom. The smallest absolute Gasteiger partial charge is 0.0973 e. The number of epoxide rings is 1. The molecule has 0 aromatic heterocycles. The molecular formula is C5H9N3O. The fourth-order valence-corrected chi connectivity index (χ4v) is 0.708. The third-order valence-electron chi connectivity index (χ3n) is 1.70. The van der Waals surface area contributed by atoms with Gasteiger partial charge in [-0.3, -0.25) is 0 Å². The van der Waals surface area contributed by atoms with Crippen molar-refractivity contribution in [3.8, 4) is 0 Å². The molecule has 1 fully saturated rings. The minimum Gasteiger partial charge on any atom is -0.367 e. The van der Waals surface area contributed by atoms with Gasteiger partial charge in [0.05, 0.1) is 18.2 Å². The fraction of sp³-hybridized carbons (Fsp3) is 1.00. The number of ether oxygens (including phenoxy) is 1. The van der Waals surface area contributed by atoms with Crippen molar-refractivity contribution >= 4 is 0 Å². The zero-order valence-electron chi connectivity index (χ0n) is 5.53. The third-order valence-corrected chi connectivity index (χ3v) is 1.70. The van der Waals surface area contributed by atoms with Gasteiger partial charge in [-0.2, -0.15) is 0 Å². The molecule has 1 aliphatic heterocycles. The summed E-state index contributed by atoms with van der Waals surface area (Å²) in [5, 5.41) is 3.41. The molecule has 0 N–H and O–H groups in total. The Morgan fingerprint density at radius 2 is 2.44 bits per heavy atom. The topological polar surface area (TPSA) is 61.3 Å². The van der Waals surface area contributed by atoms with Crippen molar-refractivity contribution in [2.45, 2.75) is 25.6 Å². The maximum atomic E-state index is 7.95. The van der Waals surface area contributed by atoms with E-state index >= 15 is 0 Å². The van der Waals surface area contributed by atoms with E-state index in [4.69, 9.17) is 10.3 Å². The molecule has 2 atom stereocenters. The van der Waals surface area contributed by atoms with Crippen molar-refractivity contribution < 1.29 is 4.74 Å². The maximum absolute atomic E-state index is 7.95.